The van der Waals surface area contributed by atoms with Crippen molar-refractivity contribution >= 4 is 40.9 Å². The molecular formula is C18H33NO3S2. The maximum Gasteiger partial charge on any atom is 0.311 e. The lowest BCUT2D eigenvalue weighted by Gasteiger charge is -2.39. The fraction of sp³-hybridized carbons (Fsp3) is 0.833. The standard InChI is InChI=1S/C18H33NO3S2/c1-6-8-10-22-16(21)15(18(5,19)24-13-23)11-17(3,4)14(12-20)9-7-2/h12-15H,6-11,19H2,1-5H3. The van der Waals surface area contributed by atoms with Crippen molar-refractivity contribution in [1.82, 2.24) is 0 Å². The number of carbonyl (C=O) groups excluding carboxylic acids is 2. The second-order valence-corrected chi connectivity index (χ2v) is 9.08. The summed E-state index contributed by atoms with van der Waals surface area (Å²) < 4.78 is 6.92. The Morgan fingerprint density at radius 2 is 1.92 bits per heavy atom. The van der Waals surface area contributed by atoms with Crippen molar-refractivity contribution in [2.45, 2.75) is 71.6 Å². The van der Waals surface area contributed by atoms with Crippen LogP contribution < -0.4 is 5.73 Å². The number of nitrogens with two attached hydrogens (primary N) is 1. The number of ether oxygens (including phenoxy) is 1. The maximum atomic E-state index is 12.6. The van der Waals surface area contributed by atoms with Crippen LogP contribution in [-0.2, 0) is 14.3 Å². The van der Waals surface area contributed by atoms with Crippen molar-refractivity contribution in [1.29, 1.82) is 0 Å². The predicted molar refractivity (Wildman–Crippen MR) is 106 cm³/mol. The molecule has 0 rings (SSSR count). The number of hydrogen-bond donors (Lipinski definition) is 1. The van der Waals surface area contributed by atoms with Crippen molar-refractivity contribution in [3.63, 3.8) is 0 Å². The van der Waals surface area contributed by atoms with Gasteiger partial charge in [0.05, 0.1) is 17.4 Å². The topological polar surface area (TPSA) is 69.4 Å². The van der Waals surface area contributed by atoms with E-state index < -0.39 is 10.8 Å². The SMILES string of the molecule is CCCCOC(=O)C(CC(C)(C)C(C=O)CCC)C(C)(N)SC=S. The molecular weight excluding hydrogens is 342 g/mol. The van der Waals surface area contributed by atoms with Crippen molar-refractivity contribution in [2.75, 3.05) is 6.61 Å². The van der Waals surface area contributed by atoms with E-state index in [1.807, 2.05) is 20.8 Å². The molecule has 0 radical (unpaired) electrons. The van der Waals surface area contributed by atoms with E-state index in [4.69, 9.17) is 22.7 Å². The Hall–Kier alpha value is -0.460. The van der Waals surface area contributed by atoms with Crippen LogP contribution in [0, 0.1) is 17.3 Å². The number of thiocarbonyl (C=S) groups is 1. The first-order valence-electron chi connectivity index (χ1n) is 8.68. The summed E-state index contributed by atoms with van der Waals surface area (Å²) in [6.07, 6.45) is 5.01. The number of esters is 1. The summed E-state index contributed by atoms with van der Waals surface area (Å²) in [5.41, 5.74) is 6.04. The average molecular weight is 376 g/mol. The van der Waals surface area contributed by atoms with Crippen molar-refractivity contribution in [3.05, 3.63) is 0 Å². The van der Waals surface area contributed by atoms with Gasteiger partial charge >= 0.3 is 5.97 Å². The van der Waals surface area contributed by atoms with Gasteiger partial charge in [0, 0.05) is 10.6 Å². The molecule has 0 aliphatic heterocycles. The molecule has 0 aromatic heterocycles. The molecule has 0 aromatic carbocycles. The van der Waals surface area contributed by atoms with E-state index in [0.717, 1.165) is 32.0 Å². The van der Waals surface area contributed by atoms with Gasteiger partial charge in [-0.3, -0.25) is 4.79 Å². The number of unbranched alkanes of at least 4 members (excludes halogenated alkanes) is 1. The van der Waals surface area contributed by atoms with Gasteiger partial charge in [-0.05, 0) is 31.6 Å². The average Bonchev–Trinajstić information content (AvgIpc) is 2.50. The summed E-state index contributed by atoms with van der Waals surface area (Å²) in [6.45, 7) is 10.3. The maximum absolute atomic E-state index is 12.6. The van der Waals surface area contributed by atoms with Gasteiger partial charge in [0.2, 0.25) is 0 Å². The highest BCUT2D eigenvalue weighted by Gasteiger charge is 2.43. The number of carbonyl (C=O) groups is 2. The number of aldehydes is 1. The normalized spacial score (nSPS) is 16.8. The third kappa shape index (κ3) is 7.62. The van der Waals surface area contributed by atoms with Crippen LogP contribution in [0.25, 0.3) is 0 Å². The zero-order valence-corrected chi connectivity index (χ0v) is 17.3. The summed E-state index contributed by atoms with van der Waals surface area (Å²) in [7, 11) is 0. The molecule has 0 aliphatic carbocycles. The minimum Gasteiger partial charge on any atom is -0.465 e. The van der Waals surface area contributed by atoms with E-state index in [1.54, 1.807) is 6.92 Å². The Bertz CT molecular complexity index is 411. The van der Waals surface area contributed by atoms with E-state index in [2.05, 4.69) is 6.92 Å². The Kier molecular flexibility index (Phi) is 11.0. The minimum atomic E-state index is -0.859. The van der Waals surface area contributed by atoms with Crippen molar-refractivity contribution in [3.8, 4) is 0 Å². The third-order valence-corrected chi connectivity index (χ3v) is 5.70. The summed E-state index contributed by atoms with van der Waals surface area (Å²) in [6, 6.07) is 0. The lowest BCUT2D eigenvalue weighted by atomic mass is 9.70. The fourth-order valence-electron chi connectivity index (χ4n) is 2.75. The monoisotopic (exact) mass is 375 g/mol. The van der Waals surface area contributed by atoms with Crippen LogP contribution in [0.3, 0.4) is 0 Å². The Labute approximate surface area is 156 Å². The molecule has 0 amide bonds. The Morgan fingerprint density at radius 1 is 1.29 bits per heavy atom. The van der Waals surface area contributed by atoms with Gasteiger partial charge in [0.15, 0.2) is 0 Å². The highest BCUT2D eigenvalue weighted by atomic mass is 32.2. The van der Waals surface area contributed by atoms with Gasteiger partial charge in [0.1, 0.15) is 6.29 Å². The van der Waals surface area contributed by atoms with E-state index in [-0.39, 0.29) is 17.3 Å². The molecule has 0 saturated heterocycles. The summed E-state index contributed by atoms with van der Waals surface area (Å²) in [4.78, 5) is 23.3. The molecule has 140 valence electrons. The predicted octanol–water partition coefficient (Wildman–Crippen LogP) is 4.34. The highest BCUT2D eigenvalue weighted by Crippen LogP contribution is 2.41. The van der Waals surface area contributed by atoms with Crippen LogP contribution in [0.4, 0.5) is 0 Å². The fourth-order valence-corrected chi connectivity index (χ4v) is 3.93. The van der Waals surface area contributed by atoms with Gasteiger partial charge in [-0.25, -0.2) is 0 Å². The van der Waals surface area contributed by atoms with E-state index >= 15 is 0 Å². The van der Waals surface area contributed by atoms with Crippen molar-refractivity contribution in [2.24, 2.45) is 23.0 Å². The van der Waals surface area contributed by atoms with E-state index in [0.29, 0.717) is 13.0 Å². The highest BCUT2D eigenvalue weighted by molar-refractivity contribution is 8.21. The van der Waals surface area contributed by atoms with Crippen LogP contribution in [0.5, 0.6) is 0 Å². The molecule has 3 unspecified atom stereocenters. The molecule has 3 atom stereocenters. The molecule has 6 heteroatoms. The van der Waals surface area contributed by atoms with Crippen LogP contribution in [0.2, 0.25) is 0 Å². The van der Waals surface area contributed by atoms with Crippen LogP contribution in [0.15, 0.2) is 0 Å². The lowest BCUT2D eigenvalue weighted by Crippen LogP contribution is -2.48. The first-order valence-corrected chi connectivity index (χ1v) is 10.0. The van der Waals surface area contributed by atoms with Crippen LogP contribution >= 0.6 is 24.0 Å². The van der Waals surface area contributed by atoms with Gasteiger partial charge in [-0.15, -0.1) is 0 Å². The molecule has 0 fully saturated rings. The van der Waals surface area contributed by atoms with Crippen LogP contribution in [-0.4, -0.2) is 28.4 Å². The third-order valence-electron chi connectivity index (χ3n) is 4.52. The molecule has 0 saturated carbocycles. The first kappa shape index (κ1) is 23.5. The van der Waals surface area contributed by atoms with Gasteiger partial charge in [0.25, 0.3) is 0 Å². The molecule has 0 spiro atoms. The molecule has 0 bridgehead atoms. The van der Waals surface area contributed by atoms with E-state index in [1.165, 1.54) is 16.5 Å². The Morgan fingerprint density at radius 3 is 2.38 bits per heavy atom. The second kappa shape index (κ2) is 11.2. The smallest absolute Gasteiger partial charge is 0.311 e. The zero-order valence-electron chi connectivity index (χ0n) is 15.7. The summed E-state index contributed by atoms with van der Waals surface area (Å²) in [5.74, 6) is -0.929. The number of thioether (sulfide) groups is 1. The number of hydrogen-bond acceptors (Lipinski definition) is 6. The minimum absolute atomic E-state index is 0.110. The molecule has 0 heterocycles. The molecule has 24 heavy (non-hydrogen) atoms. The zero-order chi connectivity index (χ0) is 18.8. The first-order chi connectivity index (χ1) is 11.2. The van der Waals surface area contributed by atoms with Crippen LogP contribution in [0.1, 0.15) is 66.7 Å². The van der Waals surface area contributed by atoms with Gasteiger partial charge in [-0.1, -0.05) is 64.5 Å². The summed E-state index contributed by atoms with van der Waals surface area (Å²) >= 11 is 6.18. The molecule has 2 N–H and O–H groups in total. The number of rotatable bonds is 13. The molecule has 0 aliphatic rings. The molecule has 4 nitrogen and oxygen atoms in total. The summed E-state index contributed by atoms with van der Waals surface area (Å²) in [5, 5.41) is 0. The quantitative estimate of drug-likeness (QED) is 0.170. The van der Waals surface area contributed by atoms with Gasteiger partial charge in [-0.2, -0.15) is 0 Å². The largest absolute Gasteiger partial charge is 0.465 e. The van der Waals surface area contributed by atoms with E-state index in [9.17, 15) is 9.59 Å². The Balaban J connectivity index is 5.34. The van der Waals surface area contributed by atoms with Gasteiger partial charge < -0.3 is 15.3 Å². The second-order valence-electron chi connectivity index (χ2n) is 7.20. The van der Waals surface area contributed by atoms with Crippen molar-refractivity contribution < 1.29 is 14.3 Å². The lowest BCUT2D eigenvalue weighted by molar-refractivity contribution is -0.151. The molecule has 0 aromatic rings.